The van der Waals surface area contributed by atoms with Crippen molar-refractivity contribution >= 4 is 6.29 Å². The second-order valence-electron chi connectivity index (χ2n) is 3.36. The zero-order valence-corrected chi connectivity index (χ0v) is 7.85. The van der Waals surface area contributed by atoms with Gasteiger partial charge in [0.1, 0.15) is 6.29 Å². The Kier molecular flexibility index (Phi) is 2.75. The number of carbonyl (C=O) groups is 1. The maximum atomic E-state index is 10.4. The molecule has 0 spiro atoms. The summed E-state index contributed by atoms with van der Waals surface area (Å²) in [6, 6.07) is 7.61. The summed E-state index contributed by atoms with van der Waals surface area (Å²) in [5.74, 6) is 0. The number of hydrogen-bond acceptors (Lipinski definition) is 2. The first-order chi connectivity index (χ1) is 6.88. The average molecular weight is 188 g/mol. The molecule has 2 nitrogen and oxygen atoms in total. The van der Waals surface area contributed by atoms with Gasteiger partial charge in [0.15, 0.2) is 0 Å². The van der Waals surface area contributed by atoms with Crippen molar-refractivity contribution in [1.82, 2.24) is 0 Å². The van der Waals surface area contributed by atoms with E-state index in [0.29, 0.717) is 0 Å². The normalized spacial score (nSPS) is 19.9. The van der Waals surface area contributed by atoms with Crippen LogP contribution in [0, 0.1) is 0 Å². The fourth-order valence-electron chi connectivity index (χ4n) is 1.53. The highest BCUT2D eigenvalue weighted by atomic mass is 16.5. The molecule has 0 aromatic heterocycles. The van der Waals surface area contributed by atoms with Crippen LogP contribution in [0.25, 0.3) is 0 Å². The van der Waals surface area contributed by atoms with Crippen molar-refractivity contribution in [3.05, 3.63) is 47.5 Å². The second kappa shape index (κ2) is 4.20. The van der Waals surface area contributed by atoms with Gasteiger partial charge in [0, 0.05) is 12.0 Å². The second-order valence-corrected chi connectivity index (χ2v) is 3.36. The van der Waals surface area contributed by atoms with Crippen molar-refractivity contribution in [3.8, 4) is 0 Å². The fourth-order valence-corrected chi connectivity index (χ4v) is 1.53. The van der Waals surface area contributed by atoms with Crippen molar-refractivity contribution in [3.63, 3.8) is 0 Å². The number of hydrogen-bond donors (Lipinski definition) is 0. The lowest BCUT2D eigenvalue weighted by molar-refractivity contribution is 0.112. The number of ether oxygens (including phenoxy) is 1. The predicted molar refractivity (Wildman–Crippen MR) is 54.4 cm³/mol. The van der Waals surface area contributed by atoms with Gasteiger partial charge in [-0.25, -0.2) is 0 Å². The highest BCUT2D eigenvalue weighted by Crippen LogP contribution is 2.11. The minimum Gasteiger partial charge on any atom is -0.370 e. The third kappa shape index (κ3) is 2.09. The lowest BCUT2D eigenvalue weighted by Crippen LogP contribution is -2.08. The lowest BCUT2D eigenvalue weighted by atomic mass is 10.1. The molecule has 0 bridgehead atoms. The SMILES string of the molecule is O=Cc1ccc(C[C@H]2C=CCO2)cc1. The van der Waals surface area contributed by atoms with E-state index in [1.165, 1.54) is 5.56 Å². The van der Waals surface area contributed by atoms with E-state index in [4.69, 9.17) is 4.74 Å². The van der Waals surface area contributed by atoms with Gasteiger partial charge in [-0.05, 0) is 5.56 Å². The Bertz CT molecular complexity index is 338. The molecule has 0 N–H and O–H groups in total. The molecule has 14 heavy (non-hydrogen) atoms. The molecular weight excluding hydrogens is 176 g/mol. The molecule has 0 fully saturated rings. The topological polar surface area (TPSA) is 26.3 Å². The van der Waals surface area contributed by atoms with Gasteiger partial charge in [0.25, 0.3) is 0 Å². The quantitative estimate of drug-likeness (QED) is 0.535. The van der Waals surface area contributed by atoms with Gasteiger partial charge in [-0.1, -0.05) is 36.4 Å². The average Bonchev–Trinajstić information content (AvgIpc) is 2.72. The van der Waals surface area contributed by atoms with E-state index in [9.17, 15) is 4.79 Å². The van der Waals surface area contributed by atoms with Crippen molar-refractivity contribution in [2.45, 2.75) is 12.5 Å². The summed E-state index contributed by atoms with van der Waals surface area (Å²) in [5.41, 5.74) is 1.92. The molecule has 0 saturated carbocycles. The van der Waals surface area contributed by atoms with Gasteiger partial charge in [0.05, 0.1) is 12.7 Å². The molecule has 1 heterocycles. The maximum Gasteiger partial charge on any atom is 0.150 e. The fraction of sp³-hybridized carbons (Fsp3) is 0.250. The standard InChI is InChI=1S/C12H12O2/c13-9-11-5-3-10(4-6-11)8-12-2-1-7-14-12/h1-6,9,12H,7-8H2/t12-/m1/s1. The zero-order valence-electron chi connectivity index (χ0n) is 7.85. The molecule has 0 unspecified atom stereocenters. The van der Waals surface area contributed by atoms with Gasteiger partial charge in [-0.3, -0.25) is 4.79 Å². The van der Waals surface area contributed by atoms with Crippen molar-refractivity contribution < 1.29 is 9.53 Å². The summed E-state index contributed by atoms with van der Waals surface area (Å²) in [6.45, 7) is 0.719. The van der Waals surface area contributed by atoms with Gasteiger partial charge in [-0.15, -0.1) is 0 Å². The first-order valence-corrected chi connectivity index (χ1v) is 4.71. The van der Waals surface area contributed by atoms with Gasteiger partial charge >= 0.3 is 0 Å². The monoisotopic (exact) mass is 188 g/mol. The Morgan fingerprint density at radius 2 is 2.14 bits per heavy atom. The summed E-state index contributed by atoms with van der Waals surface area (Å²) < 4.78 is 5.43. The molecule has 1 aliphatic rings. The van der Waals surface area contributed by atoms with Crippen molar-refractivity contribution in [2.24, 2.45) is 0 Å². The largest absolute Gasteiger partial charge is 0.370 e. The minimum absolute atomic E-state index is 0.206. The molecule has 0 saturated heterocycles. The van der Waals surface area contributed by atoms with Crippen LogP contribution in [0.1, 0.15) is 15.9 Å². The molecule has 1 aromatic rings. The number of carbonyl (C=O) groups excluding carboxylic acids is 1. The summed E-state index contributed by atoms with van der Waals surface area (Å²) in [7, 11) is 0. The predicted octanol–water partition coefficient (Wildman–Crippen LogP) is 2.00. The maximum absolute atomic E-state index is 10.4. The van der Waals surface area contributed by atoms with E-state index < -0.39 is 0 Å². The molecule has 1 atom stereocenters. The third-order valence-corrected chi connectivity index (χ3v) is 2.31. The van der Waals surface area contributed by atoms with E-state index in [-0.39, 0.29) is 6.10 Å². The first kappa shape index (κ1) is 9.16. The van der Waals surface area contributed by atoms with Crippen LogP contribution in [0.15, 0.2) is 36.4 Å². The Morgan fingerprint density at radius 3 is 2.71 bits per heavy atom. The zero-order chi connectivity index (χ0) is 9.80. The molecule has 0 amide bonds. The highest BCUT2D eigenvalue weighted by Gasteiger charge is 2.09. The van der Waals surface area contributed by atoms with Crippen molar-refractivity contribution in [1.29, 1.82) is 0 Å². The van der Waals surface area contributed by atoms with Crippen molar-refractivity contribution in [2.75, 3.05) is 6.61 Å². The Hall–Kier alpha value is -1.41. The van der Waals surface area contributed by atoms with Crippen LogP contribution in [0.3, 0.4) is 0 Å². The van der Waals surface area contributed by atoms with E-state index >= 15 is 0 Å². The first-order valence-electron chi connectivity index (χ1n) is 4.71. The van der Waals surface area contributed by atoms with E-state index in [2.05, 4.69) is 6.08 Å². The molecule has 2 rings (SSSR count). The van der Waals surface area contributed by atoms with Gasteiger partial charge < -0.3 is 4.74 Å². The molecule has 0 aliphatic carbocycles. The molecule has 72 valence electrons. The minimum atomic E-state index is 0.206. The van der Waals surface area contributed by atoms with Gasteiger partial charge in [0.2, 0.25) is 0 Å². The molecule has 2 heteroatoms. The van der Waals surface area contributed by atoms with Crippen LogP contribution < -0.4 is 0 Å². The Balaban J connectivity index is 2.02. The van der Waals surface area contributed by atoms with Crippen LogP contribution in [0.5, 0.6) is 0 Å². The highest BCUT2D eigenvalue weighted by molar-refractivity contribution is 5.74. The van der Waals surface area contributed by atoms with Crippen LogP contribution in [0.4, 0.5) is 0 Å². The van der Waals surface area contributed by atoms with Crippen LogP contribution in [-0.4, -0.2) is 19.0 Å². The van der Waals surface area contributed by atoms with Crippen LogP contribution in [-0.2, 0) is 11.2 Å². The summed E-state index contributed by atoms with van der Waals surface area (Å²) >= 11 is 0. The Morgan fingerprint density at radius 1 is 1.36 bits per heavy atom. The van der Waals surface area contributed by atoms with E-state index in [1.54, 1.807) is 0 Å². The van der Waals surface area contributed by atoms with E-state index in [0.717, 1.165) is 24.9 Å². The van der Waals surface area contributed by atoms with Crippen LogP contribution >= 0.6 is 0 Å². The number of aldehydes is 1. The number of benzene rings is 1. The third-order valence-electron chi connectivity index (χ3n) is 2.31. The smallest absolute Gasteiger partial charge is 0.150 e. The summed E-state index contributed by atoms with van der Waals surface area (Å²) in [6.07, 6.45) is 6.06. The van der Waals surface area contributed by atoms with Crippen LogP contribution in [0.2, 0.25) is 0 Å². The summed E-state index contributed by atoms with van der Waals surface area (Å²) in [4.78, 5) is 10.4. The molecular formula is C12H12O2. The lowest BCUT2D eigenvalue weighted by Gasteiger charge is -2.07. The van der Waals surface area contributed by atoms with Gasteiger partial charge in [-0.2, -0.15) is 0 Å². The Labute approximate surface area is 83.2 Å². The number of rotatable bonds is 3. The molecule has 1 aliphatic heterocycles. The van der Waals surface area contributed by atoms with E-state index in [1.807, 2.05) is 30.3 Å². The summed E-state index contributed by atoms with van der Waals surface area (Å²) in [5, 5.41) is 0. The molecule has 0 radical (unpaired) electrons. The molecule has 1 aromatic carbocycles.